The van der Waals surface area contributed by atoms with Crippen LogP contribution in [0.2, 0.25) is 5.02 Å². The summed E-state index contributed by atoms with van der Waals surface area (Å²) in [5, 5.41) is -0.0793. The molecule has 0 bridgehead atoms. The Bertz CT molecular complexity index is 416. The second-order valence-corrected chi connectivity index (χ2v) is 3.76. The minimum absolute atomic E-state index is 0.0793. The molecule has 0 atom stereocenters. The van der Waals surface area contributed by atoms with E-state index in [4.69, 9.17) is 11.6 Å². The van der Waals surface area contributed by atoms with E-state index in [2.05, 4.69) is 4.74 Å². The van der Waals surface area contributed by atoms with Crippen LogP contribution in [0.3, 0.4) is 0 Å². The molecule has 0 aliphatic heterocycles. The Morgan fingerprint density at radius 2 is 2.06 bits per heavy atom. The fourth-order valence-corrected chi connectivity index (χ4v) is 1.37. The van der Waals surface area contributed by atoms with Gasteiger partial charge in [-0.2, -0.15) is 13.2 Å². The molecule has 0 saturated carbocycles. The highest BCUT2D eigenvalue weighted by atomic mass is 35.5. The monoisotopic (exact) mass is 266 g/mol. The molecule has 17 heavy (non-hydrogen) atoms. The van der Waals surface area contributed by atoms with Crippen molar-refractivity contribution in [1.82, 2.24) is 0 Å². The van der Waals surface area contributed by atoms with Crippen LogP contribution >= 0.6 is 11.6 Å². The lowest BCUT2D eigenvalue weighted by Gasteiger charge is -2.12. The number of ether oxygens (including phenoxy) is 1. The van der Waals surface area contributed by atoms with E-state index in [9.17, 15) is 18.0 Å². The number of alkyl halides is 3. The fraction of sp³-hybridized carbons (Fsp3) is 0.364. The van der Waals surface area contributed by atoms with E-state index in [0.29, 0.717) is 12.5 Å². The normalized spacial score (nSPS) is 11.4. The first kappa shape index (κ1) is 13.8. The highest BCUT2D eigenvalue weighted by Crippen LogP contribution is 2.34. The third-order valence-corrected chi connectivity index (χ3v) is 2.18. The molecule has 2 nitrogen and oxygen atoms in total. The van der Waals surface area contributed by atoms with Gasteiger partial charge in [-0.3, -0.25) is 0 Å². The largest absolute Gasteiger partial charge is 0.462 e. The molecule has 94 valence electrons. The highest BCUT2D eigenvalue weighted by molar-refractivity contribution is 6.30. The molecule has 0 radical (unpaired) electrons. The van der Waals surface area contributed by atoms with Gasteiger partial charge in [-0.15, -0.1) is 0 Å². The van der Waals surface area contributed by atoms with Gasteiger partial charge in [0.25, 0.3) is 0 Å². The average Bonchev–Trinajstić information content (AvgIpc) is 2.24. The van der Waals surface area contributed by atoms with Crippen LogP contribution in [0.4, 0.5) is 13.2 Å². The molecule has 6 heteroatoms. The summed E-state index contributed by atoms with van der Waals surface area (Å²) in [5.41, 5.74) is -1.60. The van der Waals surface area contributed by atoms with E-state index in [1.54, 1.807) is 6.92 Å². The topological polar surface area (TPSA) is 26.3 Å². The van der Waals surface area contributed by atoms with Crippen molar-refractivity contribution in [3.05, 3.63) is 34.3 Å². The van der Waals surface area contributed by atoms with Crippen molar-refractivity contribution in [3.63, 3.8) is 0 Å². The van der Waals surface area contributed by atoms with Crippen molar-refractivity contribution in [3.8, 4) is 0 Å². The minimum atomic E-state index is -4.63. The molecular weight excluding hydrogens is 257 g/mol. The summed E-state index contributed by atoms with van der Waals surface area (Å²) in [6.45, 7) is 1.83. The maximum absolute atomic E-state index is 12.6. The molecule has 0 spiro atoms. The third kappa shape index (κ3) is 3.63. The van der Waals surface area contributed by atoms with Crippen molar-refractivity contribution in [2.75, 3.05) is 6.61 Å². The number of esters is 1. The lowest BCUT2D eigenvalue weighted by molar-refractivity contribution is -0.138. The van der Waals surface area contributed by atoms with E-state index in [1.807, 2.05) is 0 Å². The number of benzene rings is 1. The number of hydrogen-bond acceptors (Lipinski definition) is 2. The van der Waals surface area contributed by atoms with Gasteiger partial charge in [0.05, 0.1) is 17.7 Å². The van der Waals surface area contributed by atoms with Gasteiger partial charge in [-0.1, -0.05) is 18.5 Å². The Kier molecular flexibility index (Phi) is 4.40. The van der Waals surface area contributed by atoms with Crippen LogP contribution in [0.5, 0.6) is 0 Å². The Labute approximate surface area is 101 Å². The van der Waals surface area contributed by atoms with Gasteiger partial charge >= 0.3 is 12.1 Å². The number of carbonyl (C=O) groups is 1. The van der Waals surface area contributed by atoms with E-state index in [1.165, 1.54) is 6.07 Å². The molecule has 1 aromatic carbocycles. The number of carbonyl (C=O) groups excluding carboxylic acids is 1. The molecular formula is C11H10ClF3O2. The molecule has 0 saturated heterocycles. The predicted octanol–water partition coefficient (Wildman–Crippen LogP) is 3.93. The maximum Gasteiger partial charge on any atom is 0.417 e. The Morgan fingerprint density at radius 1 is 1.41 bits per heavy atom. The lowest BCUT2D eigenvalue weighted by atomic mass is 10.1. The van der Waals surface area contributed by atoms with Gasteiger partial charge in [-0.25, -0.2) is 4.79 Å². The van der Waals surface area contributed by atoms with E-state index >= 15 is 0 Å². The summed E-state index contributed by atoms with van der Waals surface area (Å²) in [4.78, 5) is 11.4. The Balaban J connectivity index is 3.11. The molecule has 0 fully saturated rings. The summed E-state index contributed by atoms with van der Waals surface area (Å²) in [6.07, 6.45) is -4.09. The van der Waals surface area contributed by atoms with Gasteiger partial charge in [0.2, 0.25) is 0 Å². The first-order valence-corrected chi connectivity index (χ1v) is 5.28. The highest BCUT2D eigenvalue weighted by Gasteiger charge is 2.35. The second-order valence-electron chi connectivity index (χ2n) is 3.32. The standard InChI is InChI=1S/C11H10ClF3O2/c1-2-5-17-10(16)8-4-3-7(12)6-9(8)11(13,14)15/h3-4,6H,2,5H2,1H3. The zero-order valence-corrected chi connectivity index (χ0v) is 9.73. The van der Waals surface area contributed by atoms with Crippen LogP contribution in [0.25, 0.3) is 0 Å². The summed E-state index contributed by atoms with van der Waals surface area (Å²) < 4.78 is 42.6. The quantitative estimate of drug-likeness (QED) is 0.775. The number of hydrogen-bond donors (Lipinski definition) is 0. The molecule has 0 N–H and O–H groups in total. The predicted molar refractivity (Wildman–Crippen MR) is 57.0 cm³/mol. The summed E-state index contributed by atoms with van der Waals surface area (Å²) in [5.74, 6) is -0.990. The molecule has 0 aromatic heterocycles. The molecule has 0 unspecified atom stereocenters. The van der Waals surface area contributed by atoms with E-state index in [0.717, 1.165) is 6.07 Å². The van der Waals surface area contributed by atoms with Crippen LogP contribution in [-0.2, 0) is 10.9 Å². The van der Waals surface area contributed by atoms with Crippen molar-refractivity contribution in [1.29, 1.82) is 0 Å². The fourth-order valence-electron chi connectivity index (χ4n) is 1.20. The first-order valence-electron chi connectivity index (χ1n) is 4.90. The molecule has 0 aliphatic carbocycles. The van der Waals surface area contributed by atoms with Crippen LogP contribution in [0, 0.1) is 0 Å². The van der Waals surface area contributed by atoms with Gasteiger partial charge in [0.15, 0.2) is 0 Å². The van der Waals surface area contributed by atoms with Crippen LogP contribution in [0.1, 0.15) is 29.3 Å². The van der Waals surface area contributed by atoms with Gasteiger partial charge in [0, 0.05) is 5.02 Å². The van der Waals surface area contributed by atoms with Gasteiger partial charge in [-0.05, 0) is 24.6 Å². The SMILES string of the molecule is CCCOC(=O)c1ccc(Cl)cc1C(F)(F)F. The number of rotatable bonds is 3. The van der Waals surface area contributed by atoms with Crippen molar-refractivity contribution >= 4 is 17.6 Å². The molecule has 0 heterocycles. The lowest BCUT2D eigenvalue weighted by Crippen LogP contribution is -2.15. The maximum atomic E-state index is 12.6. The second kappa shape index (κ2) is 5.40. The first-order chi connectivity index (χ1) is 7.86. The number of halogens is 4. The van der Waals surface area contributed by atoms with E-state index in [-0.39, 0.29) is 11.6 Å². The zero-order valence-electron chi connectivity index (χ0n) is 8.97. The smallest absolute Gasteiger partial charge is 0.417 e. The third-order valence-electron chi connectivity index (χ3n) is 1.94. The van der Waals surface area contributed by atoms with Crippen LogP contribution < -0.4 is 0 Å². The Hall–Kier alpha value is -1.23. The minimum Gasteiger partial charge on any atom is -0.462 e. The van der Waals surface area contributed by atoms with Crippen molar-refractivity contribution in [2.45, 2.75) is 19.5 Å². The summed E-state index contributed by atoms with van der Waals surface area (Å²) >= 11 is 5.48. The Morgan fingerprint density at radius 3 is 2.59 bits per heavy atom. The van der Waals surface area contributed by atoms with E-state index < -0.39 is 23.3 Å². The summed E-state index contributed by atoms with van der Waals surface area (Å²) in [7, 11) is 0. The van der Waals surface area contributed by atoms with Gasteiger partial charge in [0.1, 0.15) is 0 Å². The average molecular weight is 267 g/mol. The summed E-state index contributed by atoms with van der Waals surface area (Å²) in [6, 6.07) is 2.95. The zero-order chi connectivity index (χ0) is 13.1. The molecule has 0 aliphatic rings. The van der Waals surface area contributed by atoms with Crippen molar-refractivity contribution < 1.29 is 22.7 Å². The van der Waals surface area contributed by atoms with Crippen LogP contribution in [-0.4, -0.2) is 12.6 Å². The van der Waals surface area contributed by atoms with Crippen molar-refractivity contribution in [2.24, 2.45) is 0 Å². The van der Waals surface area contributed by atoms with Crippen LogP contribution in [0.15, 0.2) is 18.2 Å². The molecule has 1 aromatic rings. The van der Waals surface area contributed by atoms with Gasteiger partial charge < -0.3 is 4.74 Å². The molecule has 1 rings (SSSR count). The molecule has 0 amide bonds.